The third-order valence-electron chi connectivity index (χ3n) is 4.74. The Bertz CT molecular complexity index is 795. The SMILES string of the molecule is C[C@@H]1Cc2ccsc2[C@H](C)N1CCNC(=O)c1ccccc1[N+](=O)[O-].Cl. The van der Waals surface area contributed by atoms with Crippen molar-refractivity contribution >= 4 is 35.3 Å². The molecule has 0 fully saturated rings. The highest BCUT2D eigenvalue weighted by molar-refractivity contribution is 7.10. The zero-order chi connectivity index (χ0) is 18.0. The fourth-order valence-corrected chi connectivity index (χ4v) is 4.50. The first kappa shape index (κ1) is 20.4. The minimum Gasteiger partial charge on any atom is -0.351 e. The molecule has 6 nitrogen and oxygen atoms in total. The van der Waals surface area contributed by atoms with E-state index in [1.165, 1.54) is 22.6 Å². The number of nitro groups is 1. The molecule has 1 aromatic heterocycles. The Morgan fingerprint density at radius 1 is 1.35 bits per heavy atom. The maximum Gasteiger partial charge on any atom is 0.282 e. The van der Waals surface area contributed by atoms with Crippen LogP contribution >= 0.6 is 23.7 Å². The second kappa shape index (κ2) is 8.62. The molecule has 0 saturated carbocycles. The number of carbonyl (C=O) groups is 1. The molecule has 1 N–H and O–H groups in total. The summed E-state index contributed by atoms with van der Waals surface area (Å²) in [5, 5.41) is 16.0. The van der Waals surface area contributed by atoms with E-state index < -0.39 is 10.8 Å². The van der Waals surface area contributed by atoms with Crippen molar-refractivity contribution in [2.24, 2.45) is 0 Å². The van der Waals surface area contributed by atoms with Crippen LogP contribution < -0.4 is 5.32 Å². The Morgan fingerprint density at radius 2 is 2.08 bits per heavy atom. The van der Waals surface area contributed by atoms with Crippen LogP contribution in [-0.4, -0.2) is 34.9 Å². The van der Waals surface area contributed by atoms with Crippen LogP contribution in [0.3, 0.4) is 0 Å². The van der Waals surface area contributed by atoms with E-state index in [1.54, 1.807) is 23.5 Å². The van der Waals surface area contributed by atoms with E-state index >= 15 is 0 Å². The molecule has 0 unspecified atom stereocenters. The van der Waals surface area contributed by atoms with Crippen LogP contribution in [0.2, 0.25) is 0 Å². The van der Waals surface area contributed by atoms with Crippen molar-refractivity contribution in [3.63, 3.8) is 0 Å². The molecular weight excluding hydrogens is 374 g/mol. The van der Waals surface area contributed by atoms with Gasteiger partial charge in [0.05, 0.1) is 4.92 Å². The number of hydrogen-bond donors (Lipinski definition) is 1. The lowest BCUT2D eigenvalue weighted by molar-refractivity contribution is -0.385. The molecule has 2 aromatic rings. The first-order valence-electron chi connectivity index (χ1n) is 8.32. The second-order valence-corrected chi connectivity index (χ2v) is 7.25. The Morgan fingerprint density at radius 3 is 2.81 bits per heavy atom. The van der Waals surface area contributed by atoms with Crippen molar-refractivity contribution in [2.45, 2.75) is 32.4 Å². The zero-order valence-corrected chi connectivity index (χ0v) is 16.3. The maximum absolute atomic E-state index is 12.3. The van der Waals surface area contributed by atoms with Crippen molar-refractivity contribution in [2.75, 3.05) is 13.1 Å². The summed E-state index contributed by atoms with van der Waals surface area (Å²) >= 11 is 1.78. The maximum atomic E-state index is 12.3. The first-order chi connectivity index (χ1) is 12.0. The first-order valence-corrected chi connectivity index (χ1v) is 9.20. The lowest BCUT2D eigenvalue weighted by atomic mass is 9.97. The second-order valence-electron chi connectivity index (χ2n) is 6.31. The average molecular weight is 396 g/mol. The van der Waals surface area contributed by atoms with E-state index in [4.69, 9.17) is 0 Å². The summed E-state index contributed by atoms with van der Waals surface area (Å²) in [5.74, 6) is -0.401. The van der Waals surface area contributed by atoms with E-state index in [0.717, 1.165) is 6.42 Å². The van der Waals surface area contributed by atoms with E-state index in [0.29, 0.717) is 25.2 Å². The van der Waals surface area contributed by atoms with Gasteiger partial charge in [0.25, 0.3) is 11.6 Å². The molecule has 1 aromatic carbocycles. The van der Waals surface area contributed by atoms with E-state index in [-0.39, 0.29) is 23.7 Å². The molecule has 3 rings (SSSR count). The Kier molecular flexibility index (Phi) is 6.75. The van der Waals surface area contributed by atoms with Crippen LogP contribution in [0.5, 0.6) is 0 Å². The zero-order valence-electron chi connectivity index (χ0n) is 14.7. The summed E-state index contributed by atoms with van der Waals surface area (Å²) in [6, 6.07) is 8.95. The summed E-state index contributed by atoms with van der Waals surface area (Å²) in [4.78, 5) is 26.6. The van der Waals surface area contributed by atoms with Gasteiger partial charge in [-0.1, -0.05) is 12.1 Å². The predicted molar refractivity (Wildman–Crippen MR) is 105 cm³/mol. The highest BCUT2D eigenvalue weighted by atomic mass is 35.5. The third-order valence-corrected chi connectivity index (χ3v) is 5.87. The van der Waals surface area contributed by atoms with E-state index in [9.17, 15) is 14.9 Å². The van der Waals surface area contributed by atoms with Crippen LogP contribution in [0, 0.1) is 10.1 Å². The minimum absolute atomic E-state index is 0. The average Bonchev–Trinajstić information content (AvgIpc) is 3.06. The molecule has 0 bridgehead atoms. The minimum atomic E-state index is -0.526. The fraction of sp³-hybridized carbons (Fsp3) is 0.389. The van der Waals surface area contributed by atoms with Gasteiger partial charge in [0, 0.05) is 36.1 Å². The normalized spacial score (nSPS) is 19.3. The fourth-order valence-electron chi connectivity index (χ4n) is 3.48. The molecule has 1 aliphatic heterocycles. The summed E-state index contributed by atoms with van der Waals surface area (Å²) in [5.41, 5.74) is 1.36. The number of para-hydroxylation sites is 1. The quantitative estimate of drug-likeness (QED) is 0.616. The number of hydrogen-bond acceptors (Lipinski definition) is 5. The number of nitrogens with one attached hydrogen (secondary N) is 1. The number of benzene rings is 1. The summed E-state index contributed by atoms with van der Waals surface area (Å²) < 4.78 is 0. The van der Waals surface area contributed by atoms with Gasteiger partial charge in [-0.05, 0) is 43.3 Å². The van der Waals surface area contributed by atoms with Crippen molar-refractivity contribution in [1.29, 1.82) is 0 Å². The number of thiophene rings is 1. The van der Waals surface area contributed by atoms with Crippen molar-refractivity contribution in [3.05, 3.63) is 61.8 Å². The number of halogens is 1. The largest absolute Gasteiger partial charge is 0.351 e. The number of fused-ring (bicyclic) bond motifs is 1. The van der Waals surface area contributed by atoms with Crippen LogP contribution in [0.25, 0.3) is 0 Å². The molecule has 140 valence electrons. The molecule has 2 heterocycles. The van der Waals surface area contributed by atoms with Crippen LogP contribution in [0.1, 0.15) is 40.7 Å². The van der Waals surface area contributed by atoms with Gasteiger partial charge in [0.15, 0.2) is 0 Å². The van der Waals surface area contributed by atoms with Crippen LogP contribution in [-0.2, 0) is 6.42 Å². The molecule has 8 heteroatoms. The van der Waals surface area contributed by atoms with Crippen LogP contribution in [0.15, 0.2) is 35.7 Å². The van der Waals surface area contributed by atoms with Gasteiger partial charge in [-0.25, -0.2) is 0 Å². The molecular formula is C18H22ClN3O3S. The van der Waals surface area contributed by atoms with Gasteiger partial charge in [-0.15, -0.1) is 23.7 Å². The molecule has 0 spiro atoms. The number of nitro benzene ring substituents is 1. The number of nitrogens with zero attached hydrogens (tertiary/aromatic N) is 2. The van der Waals surface area contributed by atoms with Gasteiger partial charge in [0.2, 0.25) is 0 Å². The van der Waals surface area contributed by atoms with Gasteiger partial charge in [0.1, 0.15) is 5.56 Å². The number of amides is 1. The predicted octanol–water partition coefficient (Wildman–Crippen LogP) is 3.82. The highest BCUT2D eigenvalue weighted by Crippen LogP contribution is 2.35. The molecule has 2 atom stereocenters. The molecule has 1 aliphatic rings. The van der Waals surface area contributed by atoms with E-state index in [2.05, 4.69) is 35.5 Å². The molecule has 0 aliphatic carbocycles. The lowest BCUT2D eigenvalue weighted by Gasteiger charge is -2.38. The number of carbonyl (C=O) groups excluding carboxylic acids is 1. The van der Waals surface area contributed by atoms with Crippen molar-refractivity contribution in [1.82, 2.24) is 10.2 Å². The van der Waals surface area contributed by atoms with Gasteiger partial charge in [-0.3, -0.25) is 19.8 Å². The standard InChI is InChI=1S/C18H21N3O3S.ClH/c1-12-11-14-7-10-25-17(14)13(2)20(12)9-8-19-18(22)15-5-3-4-6-16(15)21(23)24;/h3-7,10,12-13H,8-9,11H2,1-2H3,(H,19,22);1H/t12-,13+;/m1./s1. The smallest absolute Gasteiger partial charge is 0.282 e. The van der Waals surface area contributed by atoms with Gasteiger partial charge in [-0.2, -0.15) is 0 Å². The molecule has 26 heavy (non-hydrogen) atoms. The topological polar surface area (TPSA) is 75.5 Å². The lowest BCUT2D eigenvalue weighted by Crippen LogP contribution is -2.44. The molecule has 0 saturated heterocycles. The Hall–Kier alpha value is -1.96. The third kappa shape index (κ3) is 4.06. The summed E-state index contributed by atoms with van der Waals surface area (Å²) in [6.07, 6.45) is 1.02. The Balaban J connectivity index is 0.00000243. The highest BCUT2D eigenvalue weighted by Gasteiger charge is 2.29. The number of rotatable bonds is 5. The van der Waals surface area contributed by atoms with Crippen LogP contribution in [0.4, 0.5) is 5.69 Å². The van der Waals surface area contributed by atoms with E-state index in [1.807, 2.05) is 0 Å². The molecule has 0 radical (unpaired) electrons. The summed E-state index contributed by atoms with van der Waals surface area (Å²) in [7, 11) is 0. The van der Waals surface area contributed by atoms with Crippen molar-refractivity contribution < 1.29 is 9.72 Å². The monoisotopic (exact) mass is 395 g/mol. The Labute approximate surface area is 162 Å². The van der Waals surface area contributed by atoms with Gasteiger partial charge < -0.3 is 5.32 Å². The molecule has 1 amide bonds. The van der Waals surface area contributed by atoms with Crippen molar-refractivity contribution in [3.8, 4) is 0 Å². The van der Waals surface area contributed by atoms with Gasteiger partial charge >= 0.3 is 0 Å². The summed E-state index contributed by atoms with van der Waals surface area (Å²) in [6.45, 7) is 5.56.